The number of hydrogen-bond acceptors (Lipinski definition) is 3. The van der Waals surface area contributed by atoms with Gasteiger partial charge < -0.3 is 15.0 Å². The molecule has 1 aromatic heterocycles. The van der Waals surface area contributed by atoms with Crippen molar-refractivity contribution in [1.82, 2.24) is 9.88 Å². The van der Waals surface area contributed by atoms with Gasteiger partial charge in [-0.1, -0.05) is 12.1 Å². The highest BCUT2D eigenvalue weighted by atomic mass is 16.4. The quantitative estimate of drug-likeness (QED) is 0.842. The Hall–Kier alpha value is -2.89. The summed E-state index contributed by atoms with van der Waals surface area (Å²) in [6, 6.07) is 9.71. The molecule has 0 saturated carbocycles. The van der Waals surface area contributed by atoms with Crippen molar-refractivity contribution in [2.24, 2.45) is 5.41 Å². The van der Waals surface area contributed by atoms with Gasteiger partial charge in [-0.25, -0.2) is 4.79 Å². The monoisotopic (exact) mass is 342 g/mol. The van der Waals surface area contributed by atoms with Crippen LogP contribution < -0.4 is 10.9 Å². The molecule has 2 rings (SSSR count). The van der Waals surface area contributed by atoms with Gasteiger partial charge in [0.1, 0.15) is 0 Å². The molecule has 1 heterocycles. The number of aromatic carboxylic acids is 1. The van der Waals surface area contributed by atoms with E-state index in [1.807, 2.05) is 13.0 Å². The van der Waals surface area contributed by atoms with Gasteiger partial charge >= 0.3 is 5.97 Å². The lowest BCUT2D eigenvalue weighted by Gasteiger charge is -2.24. The zero-order valence-corrected chi connectivity index (χ0v) is 14.6. The van der Waals surface area contributed by atoms with Crippen molar-refractivity contribution in [2.45, 2.75) is 33.9 Å². The summed E-state index contributed by atoms with van der Waals surface area (Å²) in [4.78, 5) is 35.3. The number of aryl methyl sites for hydroxylation is 1. The third-order valence-corrected chi connectivity index (χ3v) is 3.99. The average molecular weight is 342 g/mol. The molecule has 0 saturated heterocycles. The molecule has 0 aliphatic carbocycles. The van der Waals surface area contributed by atoms with Crippen molar-refractivity contribution < 1.29 is 14.7 Å². The van der Waals surface area contributed by atoms with Crippen molar-refractivity contribution in [3.05, 3.63) is 69.6 Å². The SMILES string of the molecule is Cc1ccn(CC(C)(C)C(=O)NCc2ccc(C(=O)O)cc2)c(=O)c1. The van der Waals surface area contributed by atoms with Gasteiger partial charge in [-0.3, -0.25) is 9.59 Å². The van der Waals surface area contributed by atoms with E-state index in [4.69, 9.17) is 5.11 Å². The molecule has 6 heteroatoms. The lowest BCUT2D eigenvalue weighted by atomic mass is 9.92. The Morgan fingerprint density at radius 3 is 2.36 bits per heavy atom. The van der Waals surface area contributed by atoms with Crippen LogP contribution in [-0.4, -0.2) is 21.6 Å². The number of nitrogens with one attached hydrogen (secondary N) is 1. The van der Waals surface area contributed by atoms with Crippen molar-refractivity contribution in [2.75, 3.05) is 0 Å². The first-order chi connectivity index (χ1) is 11.7. The van der Waals surface area contributed by atoms with E-state index in [0.29, 0.717) is 6.54 Å². The summed E-state index contributed by atoms with van der Waals surface area (Å²) in [6.45, 7) is 5.98. The van der Waals surface area contributed by atoms with E-state index < -0.39 is 11.4 Å². The minimum Gasteiger partial charge on any atom is -0.478 e. The Bertz CT molecular complexity index is 835. The van der Waals surface area contributed by atoms with Crippen molar-refractivity contribution in [3.8, 4) is 0 Å². The van der Waals surface area contributed by atoms with Crippen LogP contribution in [-0.2, 0) is 17.9 Å². The Labute approximate surface area is 146 Å². The molecule has 25 heavy (non-hydrogen) atoms. The Morgan fingerprint density at radius 2 is 1.80 bits per heavy atom. The predicted octanol–water partition coefficient (Wildman–Crippen LogP) is 2.20. The number of carboxylic acid groups (broad SMARTS) is 1. The highest BCUT2D eigenvalue weighted by Gasteiger charge is 2.28. The zero-order chi connectivity index (χ0) is 18.6. The minimum absolute atomic E-state index is 0.134. The van der Waals surface area contributed by atoms with Gasteiger partial charge in [-0.2, -0.15) is 0 Å². The van der Waals surface area contributed by atoms with Crippen LogP contribution in [0.2, 0.25) is 0 Å². The van der Waals surface area contributed by atoms with E-state index in [2.05, 4.69) is 5.32 Å². The number of amides is 1. The normalized spacial score (nSPS) is 11.2. The van der Waals surface area contributed by atoms with E-state index in [-0.39, 0.29) is 23.6 Å². The maximum atomic E-state index is 12.5. The van der Waals surface area contributed by atoms with Crippen LogP contribution in [0.15, 0.2) is 47.4 Å². The topological polar surface area (TPSA) is 88.4 Å². The molecule has 0 fully saturated rings. The van der Waals surface area contributed by atoms with Crippen molar-refractivity contribution in [3.63, 3.8) is 0 Å². The molecule has 0 atom stereocenters. The standard InChI is InChI=1S/C19H22N2O4/c1-13-8-9-21(16(22)10-13)12-19(2,3)18(25)20-11-14-4-6-15(7-5-14)17(23)24/h4-10H,11-12H2,1-3H3,(H,20,25)(H,23,24). The summed E-state index contributed by atoms with van der Waals surface area (Å²) in [6.07, 6.45) is 1.69. The third kappa shape index (κ3) is 4.79. The van der Waals surface area contributed by atoms with Crippen molar-refractivity contribution >= 4 is 11.9 Å². The molecule has 1 amide bonds. The first kappa shape index (κ1) is 18.4. The number of benzene rings is 1. The van der Waals surface area contributed by atoms with E-state index in [9.17, 15) is 14.4 Å². The van der Waals surface area contributed by atoms with Gasteiger partial charge in [-0.05, 0) is 50.1 Å². The third-order valence-electron chi connectivity index (χ3n) is 3.99. The molecule has 0 spiro atoms. The number of nitrogens with zero attached hydrogens (tertiary/aromatic N) is 1. The van der Waals surface area contributed by atoms with Crippen LogP contribution in [0.1, 0.15) is 35.3 Å². The molecule has 6 nitrogen and oxygen atoms in total. The summed E-state index contributed by atoms with van der Waals surface area (Å²) < 4.78 is 1.52. The first-order valence-corrected chi connectivity index (χ1v) is 7.97. The smallest absolute Gasteiger partial charge is 0.335 e. The summed E-state index contributed by atoms with van der Waals surface area (Å²) >= 11 is 0. The minimum atomic E-state index is -0.986. The molecule has 1 aromatic carbocycles. The maximum absolute atomic E-state index is 12.5. The molecule has 0 radical (unpaired) electrons. The number of carbonyl (C=O) groups is 2. The van der Waals surface area contributed by atoms with E-state index in [1.54, 1.807) is 32.2 Å². The van der Waals surface area contributed by atoms with Crippen LogP contribution in [0.5, 0.6) is 0 Å². The number of hydrogen-bond donors (Lipinski definition) is 2. The number of carbonyl (C=O) groups excluding carboxylic acids is 1. The Kier molecular flexibility index (Phi) is 5.41. The fourth-order valence-corrected chi connectivity index (χ4v) is 2.42. The maximum Gasteiger partial charge on any atom is 0.335 e. The lowest BCUT2D eigenvalue weighted by molar-refractivity contribution is -0.130. The summed E-state index contributed by atoms with van der Waals surface area (Å²) in [5, 5.41) is 11.7. The largest absolute Gasteiger partial charge is 0.478 e. The summed E-state index contributed by atoms with van der Waals surface area (Å²) in [7, 11) is 0. The number of rotatable bonds is 6. The molecule has 2 N–H and O–H groups in total. The van der Waals surface area contributed by atoms with Gasteiger partial charge in [0.2, 0.25) is 5.91 Å². The number of aromatic nitrogens is 1. The molecular weight excluding hydrogens is 320 g/mol. The van der Waals surface area contributed by atoms with Gasteiger partial charge in [0, 0.05) is 25.4 Å². The van der Waals surface area contributed by atoms with Gasteiger partial charge in [0.15, 0.2) is 0 Å². The molecule has 2 aromatic rings. The van der Waals surface area contributed by atoms with Crippen LogP contribution in [0.3, 0.4) is 0 Å². The molecular formula is C19H22N2O4. The average Bonchev–Trinajstić information content (AvgIpc) is 2.55. The van der Waals surface area contributed by atoms with Gasteiger partial charge in [0.05, 0.1) is 11.0 Å². The van der Waals surface area contributed by atoms with E-state index >= 15 is 0 Å². The number of pyridine rings is 1. The van der Waals surface area contributed by atoms with Gasteiger partial charge in [0.25, 0.3) is 5.56 Å². The second-order valence-electron chi connectivity index (χ2n) is 6.74. The van der Waals surface area contributed by atoms with Crippen LogP contribution >= 0.6 is 0 Å². The van der Waals surface area contributed by atoms with Crippen molar-refractivity contribution in [1.29, 1.82) is 0 Å². The highest BCUT2D eigenvalue weighted by molar-refractivity contribution is 5.87. The Balaban J connectivity index is 2.00. The first-order valence-electron chi connectivity index (χ1n) is 7.97. The van der Waals surface area contributed by atoms with E-state index in [1.165, 1.54) is 22.8 Å². The molecule has 0 aliphatic rings. The predicted molar refractivity (Wildman–Crippen MR) is 94.5 cm³/mol. The number of carboxylic acids is 1. The zero-order valence-electron chi connectivity index (χ0n) is 14.6. The summed E-state index contributed by atoms with van der Waals surface area (Å²) in [5.74, 6) is -1.16. The lowest BCUT2D eigenvalue weighted by Crippen LogP contribution is -2.41. The van der Waals surface area contributed by atoms with E-state index in [0.717, 1.165) is 11.1 Å². The van der Waals surface area contributed by atoms with Crippen LogP contribution in [0.4, 0.5) is 0 Å². The fraction of sp³-hybridized carbons (Fsp3) is 0.316. The second kappa shape index (κ2) is 7.34. The molecule has 132 valence electrons. The second-order valence-corrected chi connectivity index (χ2v) is 6.74. The Morgan fingerprint density at radius 1 is 1.16 bits per heavy atom. The highest BCUT2D eigenvalue weighted by Crippen LogP contribution is 2.18. The summed E-state index contributed by atoms with van der Waals surface area (Å²) in [5.41, 5.74) is 0.995. The van der Waals surface area contributed by atoms with Gasteiger partial charge in [-0.15, -0.1) is 0 Å². The van der Waals surface area contributed by atoms with Crippen LogP contribution in [0.25, 0.3) is 0 Å². The molecule has 0 aliphatic heterocycles. The molecule has 0 bridgehead atoms. The fourth-order valence-electron chi connectivity index (χ4n) is 2.42. The van der Waals surface area contributed by atoms with Crippen LogP contribution in [0, 0.1) is 12.3 Å². The molecule has 0 unspecified atom stereocenters.